The van der Waals surface area contributed by atoms with Crippen LogP contribution in [0.25, 0.3) is 0 Å². The molecule has 0 aliphatic heterocycles. The monoisotopic (exact) mass is 280 g/mol. The number of aromatic nitrogens is 2. The molecular weight excluding hydrogens is 256 g/mol. The summed E-state index contributed by atoms with van der Waals surface area (Å²) in [4.78, 5) is 8.73. The van der Waals surface area contributed by atoms with Crippen molar-refractivity contribution in [1.82, 2.24) is 9.97 Å². The topological polar surface area (TPSA) is 79.3 Å². The van der Waals surface area contributed by atoms with Crippen LogP contribution in [-0.2, 0) is 11.3 Å². The van der Waals surface area contributed by atoms with E-state index in [0.717, 1.165) is 37.4 Å². The maximum absolute atomic E-state index is 9.98. The molecule has 1 fully saturated rings. The summed E-state index contributed by atoms with van der Waals surface area (Å²) in [5.41, 5.74) is 0. The maximum Gasteiger partial charge on any atom is 0.158 e. The minimum atomic E-state index is -0.194. The molecule has 0 amide bonds. The van der Waals surface area contributed by atoms with Crippen LogP contribution >= 0.6 is 0 Å². The van der Waals surface area contributed by atoms with Crippen molar-refractivity contribution in [3.8, 4) is 0 Å². The molecule has 112 valence electrons. The molecule has 6 heteroatoms. The van der Waals surface area contributed by atoms with Crippen molar-refractivity contribution in [3.63, 3.8) is 0 Å². The lowest BCUT2D eigenvalue weighted by Gasteiger charge is -2.27. The molecule has 1 aliphatic rings. The molecule has 20 heavy (non-hydrogen) atoms. The summed E-state index contributed by atoms with van der Waals surface area (Å²) in [5, 5.41) is 16.3. The van der Waals surface area contributed by atoms with Gasteiger partial charge in [-0.1, -0.05) is 12.8 Å². The lowest BCUT2D eigenvalue weighted by molar-refractivity contribution is 0.0763. The van der Waals surface area contributed by atoms with Gasteiger partial charge in [-0.2, -0.15) is 0 Å². The van der Waals surface area contributed by atoms with Crippen molar-refractivity contribution in [2.75, 3.05) is 31.3 Å². The third kappa shape index (κ3) is 4.05. The molecule has 6 nitrogen and oxygen atoms in total. The van der Waals surface area contributed by atoms with E-state index >= 15 is 0 Å². The van der Waals surface area contributed by atoms with E-state index in [9.17, 15) is 5.11 Å². The van der Waals surface area contributed by atoms with Crippen LogP contribution in [0.15, 0.2) is 6.07 Å². The first kappa shape index (κ1) is 15.0. The Balaban J connectivity index is 1.98. The number of aliphatic hydroxyl groups excluding tert-OH is 1. The van der Waals surface area contributed by atoms with E-state index in [0.29, 0.717) is 18.3 Å². The predicted octanol–water partition coefficient (Wildman–Crippen LogP) is 1.63. The van der Waals surface area contributed by atoms with Crippen LogP contribution in [-0.4, -0.2) is 41.9 Å². The Labute approximate surface area is 120 Å². The highest BCUT2D eigenvalue weighted by Gasteiger charge is 2.22. The molecule has 3 N–H and O–H groups in total. The van der Waals surface area contributed by atoms with Crippen LogP contribution < -0.4 is 10.6 Å². The first-order valence-electron chi connectivity index (χ1n) is 7.19. The zero-order chi connectivity index (χ0) is 14.4. The van der Waals surface area contributed by atoms with Gasteiger partial charge in [-0.3, -0.25) is 0 Å². The molecule has 1 saturated carbocycles. The molecule has 0 spiro atoms. The lowest BCUT2D eigenvalue weighted by atomic mass is 9.86. The van der Waals surface area contributed by atoms with E-state index in [4.69, 9.17) is 4.74 Å². The number of nitrogens with zero attached hydrogens (tertiary/aromatic N) is 2. The number of rotatable bonds is 6. The zero-order valence-corrected chi connectivity index (χ0v) is 12.2. The van der Waals surface area contributed by atoms with Crippen LogP contribution in [0.4, 0.5) is 11.6 Å². The van der Waals surface area contributed by atoms with Crippen LogP contribution in [0.1, 0.15) is 31.5 Å². The van der Waals surface area contributed by atoms with Crippen molar-refractivity contribution in [2.45, 2.75) is 38.4 Å². The smallest absolute Gasteiger partial charge is 0.158 e. The van der Waals surface area contributed by atoms with Crippen molar-refractivity contribution in [1.29, 1.82) is 0 Å². The normalized spacial score (nSPS) is 22.6. The van der Waals surface area contributed by atoms with Gasteiger partial charge in [0.25, 0.3) is 0 Å². The first-order chi connectivity index (χ1) is 9.72. The number of hydrogen-bond donors (Lipinski definition) is 3. The van der Waals surface area contributed by atoms with Gasteiger partial charge < -0.3 is 20.5 Å². The predicted molar refractivity (Wildman–Crippen MR) is 78.7 cm³/mol. The number of ether oxygens (including phenoxy) is 1. The molecule has 2 rings (SSSR count). The Kier molecular flexibility index (Phi) is 5.55. The van der Waals surface area contributed by atoms with E-state index in [2.05, 4.69) is 20.6 Å². The maximum atomic E-state index is 9.98. The molecule has 1 aromatic rings. The van der Waals surface area contributed by atoms with Crippen LogP contribution in [0.3, 0.4) is 0 Å². The summed E-state index contributed by atoms with van der Waals surface area (Å²) < 4.78 is 5.07. The number of nitrogens with one attached hydrogen (secondary N) is 2. The van der Waals surface area contributed by atoms with Gasteiger partial charge in [0.05, 0.1) is 6.10 Å². The van der Waals surface area contributed by atoms with Crippen molar-refractivity contribution in [3.05, 3.63) is 11.9 Å². The standard InChI is InChI=1S/C14H24N4O2/c1-15-12-7-13(18-14(17-12)9-20-2)16-8-10-5-3-4-6-11(10)19/h7,10-11,19H,3-6,8-9H2,1-2H3,(H2,15,16,17,18). The second kappa shape index (κ2) is 7.40. The summed E-state index contributed by atoms with van der Waals surface area (Å²) in [6.45, 7) is 1.13. The van der Waals surface area contributed by atoms with Gasteiger partial charge in [-0.05, 0) is 12.8 Å². The van der Waals surface area contributed by atoms with E-state index in [-0.39, 0.29) is 6.10 Å². The third-order valence-electron chi connectivity index (χ3n) is 3.72. The fraction of sp³-hybridized carbons (Fsp3) is 0.714. The molecule has 0 aromatic carbocycles. The largest absolute Gasteiger partial charge is 0.393 e. The third-order valence-corrected chi connectivity index (χ3v) is 3.72. The van der Waals surface area contributed by atoms with Crippen molar-refractivity contribution < 1.29 is 9.84 Å². The Morgan fingerprint density at radius 2 is 2.05 bits per heavy atom. The molecule has 0 saturated heterocycles. The minimum absolute atomic E-state index is 0.194. The van der Waals surface area contributed by atoms with Gasteiger partial charge in [0.1, 0.15) is 18.2 Å². The van der Waals surface area contributed by atoms with E-state index in [1.807, 2.05) is 13.1 Å². The number of anilines is 2. The summed E-state index contributed by atoms with van der Waals surface area (Å²) in [5.74, 6) is 2.49. The Morgan fingerprint density at radius 3 is 2.75 bits per heavy atom. The highest BCUT2D eigenvalue weighted by Crippen LogP contribution is 2.24. The summed E-state index contributed by atoms with van der Waals surface area (Å²) in [7, 11) is 3.45. The van der Waals surface area contributed by atoms with Crippen LogP contribution in [0, 0.1) is 5.92 Å². The number of methoxy groups -OCH3 is 1. The molecule has 0 radical (unpaired) electrons. The molecular formula is C14H24N4O2. The lowest BCUT2D eigenvalue weighted by Crippen LogP contribution is -2.30. The minimum Gasteiger partial charge on any atom is -0.393 e. The highest BCUT2D eigenvalue weighted by atomic mass is 16.5. The second-order valence-corrected chi connectivity index (χ2v) is 5.23. The molecule has 1 heterocycles. The van der Waals surface area contributed by atoms with Gasteiger partial charge in [0.2, 0.25) is 0 Å². The number of hydrogen-bond acceptors (Lipinski definition) is 6. The van der Waals surface area contributed by atoms with Crippen molar-refractivity contribution >= 4 is 11.6 Å². The van der Waals surface area contributed by atoms with E-state index < -0.39 is 0 Å². The fourth-order valence-electron chi connectivity index (χ4n) is 2.57. The molecule has 1 aliphatic carbocycles. The fourth-order valence-corrected chi connectivity index (χ4v) is 2.57. The van der Waals surface area contributed by atoms with Gasteiger partial charge >= 0.3 is 0 Å². The summed E-state index contributed by atoms with van der Waals surface area (Å²) in [6.07, 6.45) is 4.12. The zero-order valence-electron chi connectivity index (χ0n) is 12.2. The molecule has 0 bridgehead atoms. The van der Waals surface area contributed by atoms with E-state index in [1.165, 1.54) is 6.42 Å². The summed E-state index contributed by atoms with van der Waals surface area (Å²) >= 11 is 0. The molecule has 2 atom stereocenters. The second-order valence-electron chi connectivity index (χ2n) is 5.23. The molecule has 2 unspecified atom stereocenters. The number of aliphatic hydroxyl groups is 1. The molecule has 1 aromatic heterocycles. The Morgan fingerprint density at radius 1 is 1.30 bits per heavy atom. The average molecular weight is 280 g/mol. The Hall–Kier alpha value is -1.40. The highest BCUT2D eigenvalue weighted by molar-refractivity contribution is 5.47. The van der Waals surface area contributed by atoms with Gasteiger partial charge in [0.15, 0.2) is 5.82 Å². The van der Waals surface area contributed by atoms with E-state index in [1.54, 1.807) is 7.11 Å². The van der Waals surface area contributed by atoms with Gasteiger partial charge in [0, 0.05) is 32.7 Å². The first-order valence-corrected chi connectivity index (χ1v) is 7.19. The SMILES string of the molecule is CNc1cc(NCC2CCCCC2O)nc(COC)n1. The van der Waals surface area contributed by atoms with Gasteiger partial charge in [-0.15, -0.1) is 0 Å². The van der Waals surface area contributed by atoms with Gasteiger partial charge in [-0.25, -0.2) is 9.97 Å². The van der Waals surface area contributed by atoms with Crippen LogP contribution in [0.2, 0.25) is 0 Å². The average Bonchev–Trinajstić information content (AvgIpc) is 2.46. The quantitative estimate of drug-likeness (QED) is 0.735. The Bertz CT molecular complexity index is 428. The van der Waals surface area contributed by atoms with Crippen molar-refractivity contribution in [2.24, 2.45) is 5.92 Å². The summed E-state index contributed by atoms with van der Waals surface area (Å²) in [6, 6.07) is 1.87. The van der Waals surface area contributed by atoms with Crippen LogP contribution in [0.5, 0.6) is 0 Å².